The van der Waals surface area contributed by atoms with Crippen LogP contribution in [0.3, 0.4) is 0 Å². The molecule has 6 heteroatoms. The molecule has 1 heterocycles. The first-order chi connectivity index (χ1) is 13.6. The van der Waals surface area contributed by atoms with Crippen molar-refractivity contribution >= 4 is 23.0 Å². The van der Waals surface area contributed by atoms with Gasteiger partial charge in [0.2, 0.25) is 0 Å². The third kappa shape index (κ3) is 4.65. The second-order valence-electron chi connectivity index (χ2n) is 6.33. The molecule has 0 bridgehead atoms. The molecule has 0 radical (unpaired) electrons. The van der Waals surface area contributed by atoms with E-state index < -0.39 is 5.91 Å². The van der Waals surface area contributed by atoms with Gasteiger partial charge in [0.25, 0.3) is 5.91 Å². The lowest BCUT2D eigenvalue weighted by Crippen LogP contribution is -2.14. The van der Waals surface area contributed by atoms with Crippen LogP contribution in [0.4, 0.5) is 17.1 Å². The molecule has 0 unspecified atom stereocenters. The van der Waals surface area contributed by atoms with E-state index in [1.807, 2.05) is 38.1 Å². The summed E-state index contributed by atoms with van der Waals surface area (Å²) in [6.45, 7) is 3.93. The van der Waals surface area contributed by atoms with E-state index in [1.165, 1.54) is 0 Å². The van der Waals surface area contributed by atoms with Gasteiger partial charge in [-0.05, 0) is 50.2 Å². The summed E-state index contributed by atoms with van der Waals surface area (Å²) in [7, 11) is 0. The lowest BCUT2D eigenvalue weighted by atomic mass is 10.2. The molecular weight excluding hydrogens is 352 g/mol. The number of amides is 1. The molecule has 0 saturated carbocycles. The second-order valence-corrected chi connectivity index (χ2v) is 6.33. The van der Waals surface area contributed by atoms with Crippen molar-refractivity contribution in [2.24, 2.45) is 0 Å². The summed E-state index contributed by atoms with van der Waals surface area (Å²) in [6.07, 6.45) is 1.60. The predicted molar refractivity (Wildman–Crippen MR) is 109 cm³/mol. The summed E-state index contributed by atoms with van der Waals surface area (Å²) in [5, 5.41) is 15.2. The minimum Gasteiger partial charge on any atom is -0.489 e. The van der Waals surface area contributed by atoms with Crippen molar-refractivity contribution in [1.82, 2.24) is 4.98 Å². The Labute approximate surface area is 163 Å². The molecule has 3 aromatic rings. The Kier molecular flexibility index (Phi) is 5.87. The van der Waals surface area contributed by atoms with E-state index in [0.717, 1.165) is 11.4 Å². The van der Waals surface area contributed by atoms with Gasteiger partial charge in [-0.3, -0.25) is 9.78 Å². The fourth-order valence-electron chi connectivity index (χ4n) is 2.59. The first-order valence-corrected chi connectivity index (χ1v) is 8.86. The Morgan fingerprint density at radius 2 is 1.79 bits per heavy atom. The first-order valence-electron chi connectivity index (χ1n) is 8.86. The highest BCUT2D eigenvalue weighted by Crippen LogP contribution is 2.28. The van der Waals surface area contributed by atoms with Gasteiger partial charge in [-0.25, -0.2) is 0 Å². The molecule has 1 aromatic heterocycles. The maximum atomic E-state index is 12.6. The Morgan fingerprint density at radius 3 is 2.54 bits per heavy atom. The summed E-state index contributed by atoms with van der Waals surface area (Å²) in [5.41, 5.74) is 2.58. The summed E-state index contributed by atoms with van der Waals surface area (Å²) in [5.74, 6) is 0.335. The average Bonchev–Trinajstić information content (AvgIpc) is 2.70. The number of aromatic nitrogens is 1. The normalized spacial score (nSPS) is 10.2. The molecule has 0 atom stereocenters. The number of carbonyl (C=O) groups excluding carboxylic acids is 1. The average molecular weight is 372 g/mol. The number of nitriles is 1. The molecule has 2 aromatic carbocycles. The van der Waals surface area contributed by atoms with Gasteiger partial charge in [-0.2, -0.15) is 5.26 Å². The Bertz CT molecular complexity index is 1020. The molecule has 0 aliphatic rings. The van der Waals surface area contributed by atoms with Crippen LogP contribution in [0.5, 0.6) is 5.75 Å². The van der Waals surface area contributed by atoms with Crippen molar-refractivity contribution in [3.05, 3.63) is 78.1 Å². The zero-order valence-corrected chi connectivity index (χ0v) is 15.6. The lowest BCUT2D eigenvalue weighted by Gasteiger charge is -2.15. The highest BCUT2D eigenvalue weighted by molar-refractivity contribution is 6.04. The van der Waals surface area contributed by atoms with Crippen LogP contribution in [0.2, 0.25) is 0 Å². The van der Waals surface area contributed by atoms with Gasteiger partial charge in [0.05, 0.1) is 23.0 Å². The molecule has 6 nitrogen and oxygen atoms in total. The van der Waals surface area contributed by atoms with E-state index in [0.29, 0.717) is 16.9 Å². The van der Waals surface area contributed by atoms with Gasteiger partial charge in [0.1, 0.15) is 17.5 Å². The fourth-order valence-corrected chi connectivity index (χ4v) is 2.59. The smallest absolute Gasteiger partial charge is 0.274 e. The summed E-state index contributed by atoms with van der Waals surface area (Å²) >= 11 is 0. The third-order valence-corrected chi connectivity index (χ3v) is 3.82. The first kappa shape index (κ1) is 18.9. The number of anilines is 3. The van der Waals surface area contributed by atoms with Crippen LogP contribution >= 0.6 is 0 Å². The van der Waals surface area contributed by atoms with Crippen molar-refractivity contribution in [1.29, 1.82) is 5.26 Å². The number of nitrogens with one attached hydrogen (secondary N) is 2. The fraction of sp³-hybridized carbons (Fsp3) is 0.136. The van der Waals surface area contributed by atoms with Gasteiger partial charge in [-0.15, -0.1) is 0 Å². The van der Waals surface area contributed by atoms with Crippen LogP contribution in [0.1, 0.15) is 29.9 Å². The van der Waals surface area contributed by atoms with Crippen LogP contribution in [0, 0.1) is 11.3 Å². The highest BCUT2D eigenvalue weighted by Gasteiger charge is 2.12. The number of nitrogens with zero attached hydrogens (tertiary/aromatic N) is 2. The van der Waals surface area contributed by atoms with E-state index in [4.69, 9.17) is 10.00 Å². The molecular formula is C22H20N4O2. The van der Waals surface area contributed by atoms with Gasteiger partial charge in [0, 0.05) is 11.9 Å². The largest absolute Gasteiger partial charge is 0.489 e. The molecule has 1 amide bonds. The molecule has 2 N–H and O–H groups in total. The number of para-hydroxylation sites is 3. The van der Waals surface area contributed by atoms with Crippen LogP contribution in [0.15, 0.2) is 66.9 Å². The Hall–Kier alpha value is -3.85. The van der Waals surface area contributed by atoms with Crippen LogP contribution in [-0.4, -0.2) is 17.0 Å². The zero-order chi connectivity index (χ0) is 19.9. The maximum absolute atomic E-state index is 12.6. The topological polar surface area (TPSA) is 87.0 Å². The van der Waals surface area contributed by atoms with Gasteiger partial charge in [-0.1, -0.05) is 24.3 Å². The van der Waals surface area contributed by atoms with Gasteiger partial charge < -0.3 is 15.4 Å². The number of pyridine rings is 1. The van der Waals surface area contributed by atoms with E-state index in [9.17, 15) is 4.79 Å². The van der Waals surface area contributed by atoms with E-state index in [-0.39, 0.29) is 11.8 Å². The number of carbonyl (C=O) groups is 1. The number of rotatable bonds is 6. The molecule has 0 fully saturated rings. The summed E-state index contributed by atoms with van der Waals surface area (Å²) in [6, 6.07) is 19.9. The number of ether oxygens (including phenoxy) is 1. The van der Waals surface area contributed by atoms with Crippen LogP contribution < -0.4 is 15.4 Å². The maximum Gasteiger partial charge on any atom is 0.274 e. The Balaban J connectivity index is 1.80. The SMILES string of the molecule is CC(C)Oc1ccccc1Nc1ccnc(C(=O)Nc2ccccc2C#N)c1. The van der Waals surface area contributed by atoms with Crippen molar-refractivity contribution in [2.45, 2.75) is 20.0 Å². The third-order valence-electron chi connectivity index (χ3n) is 3.82. The van der Waals surface area contributed by atoms with E-state index in [2.05, 4.69) is 21.7 Å². The zero-order valence-electron chi connectivity index (χ0n) is 15.6. The van der Waals surface area contributed by atoms with E-state index in [1.54, 1.807) is 42.6 Å². The Morgan fingerprint density at radius 1 is 1.07 bits per heavy atom. The van der Waals surface area contributed by atoms with Crippen molar-refractivity contribution in [3.63, 3.8) is 0 Å². The number of hydrogen-bond donors (Lipinski definition) is 2. The van der Waals surface area contributed by atoms with Crippen molar-refractivity contribution < 1.29 is 9.53 Å². The number of hydrogen-bond acceptors (Lipinski definition) is 5. The molecule has 3 rings (SSSR count). The number of benzene rings is 2. The van der Waals surface area contributed by atoms with Crippen LogP contribution in [-0.2, 0) is 0 Å². The second kappa shape index (κ2) is 8.69. The molecule has 0 aliphatic carbocycles. The minimum absolute atomic E-state index is 0.0435. The minimum atomic E-state index is -0.391. The molecule has 28 heavy (non-hydrogen) atoms. The van der Waals surface area contributed by atoms with Gasteiger partial charge >= 0.3 is 0 Å². The predicted octanol–water partition coefficient (Wildman–Crippen LogP) is 4.74. The van der Waals surface area contributed by atoms with Crippen molar-refractivity contribution in [3.8, 4) is 11.8 Å². The summed E-state index contributed by atoms with van der Waals surface area (Å²) < 4.78 is 5.81. The van der Waals surface area contributed by atoms with Crippen molar-refractivity contribution in [2.75, 3.05) is 10.6 Å². The van der Waals surface area contributed by atoms with Gasteiger partial charge in [0.15, 0.2) is 0 Å². The quantitative estimate of drug-likeness (QED) is 0.653. The molecule has 0 spiro atoms. The molecule has 0 aliphatic heterocycles. The molecule has 140 valence electrons. The molecule has 0 saturated heterocycles. The standard InChI is InChI=1S/C22H20N4O2/c1-15(2)28-21-10-6-5-9-19(21)25-17-11-12-24-20(13-17)22(27)26-18-8-4-3-7-16(18)14-23/h3-13,15H,1-2H3,(H,24,25)(H,26,27). The summed E-state index contributed by atoms with van der Waals surface area (Å²) in [4.78, 5) is 16.7. The van der Waals surface area contributed by atoms with Crippen LogP contribution in [0.25, 0.3) is 0 Å². The van der Waals surface area contributed by atoms with E-state index >= 15 is 0 Å². The highest BCUT2D eigenvalue weighted by atomic mass is 16.5. The monoisotopic (exact) mass is 372 g/mol. The lowest BCUT2D eigenvalue weighted by molar-refractivity contribution is 0.102.